The molecule has 2 atom stereocenters. The maximum Gasteiger partial charge on any atom is -0.0246 e. The Morgan fingerprint density at radius 3 is 1.73 bits per heavy atom. The van der Waals surface area contributed by atoms with Gasteiger partial charge in [0, 0.05) is 0 Å². The number of hydrogen-bond donors (Lipinski definition) is 0. The number of rotatable bonds is 1. The summed E-state index contributed by atoms with van der Waals surface area (Å²) in [6, 6.07) is 0. The lowest BCUT2D eigenvalue weighted by molar-refractivity contribution is -0.130. The molecule has 0 aliphatic heterocycles. The largest absolute Gasteiger partial charge is 0.0622 e. The maximum absolute atomic E-state index is 2.44. The zero-order valence-corrected chi connectivity index (χ0v) is 8.86. The Hall–Kier alpha value is 0. The first-order chi connectivity index (χ1) is 4.82. The van der Waals surface area contributed by atoms with Crippen LogP contribution in [0.3, 0.4) is 0 Å². The monoisotopic (exact) mass is 154 g/mol. The third-order valence-electron chi connectivity index (χ3n) is 4.71. The van der Waals surface area contributed by atoms with Crippen molar-refractivity contribution in [3.63, 3.8) is 0 Å². The highest BCUT2D eigenvalue weighted by Crippen LogP contribution is 2.63. The molecule has 1 fully saturated rings. The fourth-order valence-corrected chi connectivity index (χ4v) is 2.57. The topological polar surface area (TPSA) is 0 Å². The molecule has 1 saturated carbocycles. The van der Waals surface area contributed by atoms with Crippen LogP contribution in [0.1, 0.15) is 48.0 Å². The van der Waals surface area contributed by atoms with E-state index >= 15 is 0 Å². The van der Waals surface area contributed by atoms with Crippen LogP contribution in [-0.2, 0) is 0 Å². The minimum absolute atomic E-state index is 0.557. The highest BCUT2D eigenvalue weighted by Gasteiger charge is 2.55. The lowest BCUT2D eigenvalue weighted by atomic mass is 9.43. The lowest BCUT2D eigenvalue weighted by Crippen LogP contribution is -2.54. The van der Waals surface area contributed by atoms with E-state index in [-0.39, 0.29) is 0 Å². The van der Waals surface area contributed by atoms with Crippen molar-refractivity contribution in [2.45, 2.75) is 48.0 Å². The SMILES string of the molecule is CC1CC(C)(C(C)C)C1(C)C. The van der Waals surface area contributed by atoms with E-state index in [9.17, 15) is 0 Å². The van der Waals surface area contributed by atoms with Crippen molar-refractivity contribution in [3.05, 3.63) is 0 Å². The molecular weight excluding hydrogens is 132 g/mol. The zero-order chi connectivity index (χ0) is 8.86. The average Bonchev–Trinajstić information content (AvgIpc) is 1.87. The van der Waals surface area contributed by atoms with Crippen LogP contribution in [0, 0.1) is 22.7 Å². The van der Waals surface area contributed by atoms with Crippen molar-refractivity contribution >= 4 is 0 Å². The minimum atomic E-state index is 0.557. The standard InChI is InChI=1S/C11H22/c1-8(2)11(6)7-9(3)10(11,4)5/h8-9H,7H2,1-6H3. The molecule has 0 saturated heterocycles. The summed E-state index contributed by atoms with van der Waals surface area (Å²) in [6.45, 7) is 14.4. The summed E-state index contributed by atoms with van der Waals surface area (Å²) in [5, 5.41) is 0. The molecule has 0 bridgehead atoms. The Bertz CT molecular complexity index is 155. The first kappa shape index (κ1) is 9.09. The molecule has 0 heteroatoms. The molecule has 0 amide bonds. The van der Waals surface area contributed by atoms with E-state index in [0.717, 1.165) is 11.8 Å². The highest BCUT2D eigenvalue weighted by atomic mass is 14.6. The Morgan fingerprint density at radius 2 is 1.64 bits per heavy atom. The van der Waals surface area contributed by atoms with Crippen LogP contribution in [0.4, 0.5) is 0 Å². The van der Waals surface area contributed by atoms with Gasteiger partial charge in [0.25, 0.3) is 0 Å². The van der Waals surface area contributed by atoms with Crippen LogP contribution < -0.4 is 0 Å². The first-order valence-corrected chi connectivity index (χ1v) is 4.82. The average molecular weight is 154 g/mol. The van der Waals surface area contributed by atoms with Gasteiger partial charge in [0.15, 0.2) is 0 Å². The molecular formula is C11H22. The predicted octanol–water partition coefficient (Wildman–Crippen LogP) is 3.71. The van der Waals surface area contributed by atoms with Gasteiger partial charge in [-0.05, 0) is 29.1 Å². The fourth-order valence-electron chi connectivity index (χ4n) is 2.57. The second kappa shape index (κ2) is 2.24. The Kier molecular flexibility index (Phi) is 1.85. The minimum Gasteiger partial charge on any atom is -0.0622 e. The van der Waals surface area contributed by atoms with E-state index in [0.29, 0.717) is 10.8 Å². The van der Waals surface area contributed by atoms with Gasteiger partial charge in [0.2, 0.25) is 0 Å². The molecule has 1 rings (SSSR count). The summed E-state index contributed by atoms with van der Waals surface area (Å²) in [6.07, 6.45) is 1.41. The normalized spacial score (nSPS) is 42.3. The van der Waals surface area contributed by atoms with Crippen molar-refractivity contribution in [2.75, 3.05) is 0 Å². The summed E-state index contributed by atoms with van der Waals surface area (Å²) in [5.41, 5.74) is 1.15. The Morgan fingerprint density at radius 1 is 1.18 bits per heavy atom. The molecule has 2 unspecified atom stereocenters. The van der Waals surface area contributed by atoms with Gasteiger partial charge in [-0.15, -0.1) is 0 Å². The second-order valence-corrected chi connectivity index (χ2v) is 5.40. The molecule has 66 valence electrons. The van der Waals surface area contributed by atoms with E-state index in [4.69, 9.17) is 0 Å². The van der Waals surface area contributed by atoms with Crippen LogP contribution in [0.5, 0.6) is 0 Å². The molecule has 0 radical (unpaired) electrons. The van der Waals surface area contributed by atoms with Crippen molar-refractivity contribution < 1.29 is 0 Å². The van der Waals surface area contributed by atoms with E-state index in [1.807, 2.05) is 0 Å². The highest BCUT2D eigenvalue weighted by molar-refractivity contribution is 5.04. The quantitative estimate of drug-likeness (QED) is 0.540. The lowest BCUT2D eigenvalue weighted by Gasteiger charge is -2.62. The van der Waals surface area contributed by atoms with Gasteiger partial charge in [-0.3, -0.25) is 0 Å². The molecule has 1 aliphatic rings. The molecule has 0 spiro atoms. The van der Waals surface area contributed by atoms with Crippen LogP contribution in [0.15, 0.2) is 0 Å². The van der Waals surface area contributed by atoms with Crippen molar-refractivity contribution in [3.8, 4) is 0 Å². The molecule has 0 N–H and O–H groups in total. The molecule has 0 heterocycles. The third-order valence-corrected chi connectivity index (χ3v) is 4.71. The third kappa shape index (κ3) is 0.947. The van der Waals surface area contributed by atoms with Gasteiger partial charge < -0.3 is 0 Å². The van der Waals surface area contributed by atoms with E-state index in [2.05, 4.69) is 41.5 Å². The van der Waals surface area contributed by atoms with E-state index < -0.39 is 0 Å². The van der Waals surface area contributed by atoms with Gasteiger partial charge in [-0.1, -0.05) is 41.5 Å². The summed E-state index contributed by atoms with van der Waals surface area (Å²) >= 11 is 0. The Labute approximate surface area is 71.4 Å². The second-order valence-electron chi connectivity index (χ2n) is 5.40. The molecule has 0 aromatic heterocycles. The van der Waals surface area contributed by atoms with Crippen LogP contribution in [0.2, 0.25) is 0 Å². The smallest absolute Gasteiger partial charge is 0.0246 e. The van der Waals surface area contributed by atoms with Gasteiger partial charge in [-0.2, -0.15) is 0 Å². The van der Waals surface area contributed by atoms with Gasteiger partial charge in [0.05, 0.1) is 0 Å². The predicted molar refractivity (Wildman–Crippen MR) is 50.5 cm³/mol. The maximum atomic E-state index is 2.44. The van der Waals surface area contributed by atoms with E-state index in [1.54, 1.807) is 0 Å². The molecule has 0 aromatic carbocycles. The summed E-state index contributed by atoms with van der Waals surface area (Å²) in [7, 11) is 0. The van der Waals surface area contributed by atoms with Crippen molar-refractivity contribution in [1.82, 2.24) is 0 Å². The van der Waals surface area contributed by atoms with Crippen LogP contribution >= 0.6 is 0 Å². The van der Waals surface area contributed by atoms with Gasteiger partial charge in [0.1, 0.15) is 0 Å². The first-order valence-electron chi connectivity index (χ1n) is 4.82. The molecule has 1 aliphatic carbocycles. The zero-order valence-electron chi connectivity index (χ0n) is 8.86. The molecule has 0 nitrogen and oxygen atoms in total. The van der Waals surface area contributed by atoms with Crippen molar-refractivity contribution in [1.29, 1.82) is 0 Å². The summed E-state index contributed by atoms with van der Waals surface area (Å²) in [4.78, 5) is 0. The molecule has 0 aromatic rings. The van der Waals surface area contributed by atoms with Crippen LogP contribution in [-0.4, -0.2) is 0 Å². The Balaban J connectivity index is 2.78. The van der Waals surface area contributed by atoms with Gasteiger partial charge >= 0.3 is 0 Å². The van der Waals surface area contributed by atoms with Gasteiger partial charge in [-0.25, -0.2) is 0 Å². The fraction of sp³-hybridized carbons (Fsp3) is 1.00. The molecule has 11 heavy (non-hydrogen) atoms. The number of hydrogen-bond acceptors (Lipinski definition) is 0. The van der Waals surface area contributed by atoms with Crippen LogP contribution in [0.25, 0.3) is 0 Å². The van der Waals surface area contributed by atoms with E-state index in [1.165, 1.54) is 6.42 Å². The summed E-state index contributed by atoms with van der Waals surface area (Å²) in [5.74, 6) is 1.74. The van der Waals surface area contributed by atoms with Crippen molar-refractivity contribution in [2.24, 2.45) is 22.7 Å². The summed E-state index contributed by atoms with van der Waals surface area (Å²) < 4.78 is 0.